The summed E-state index contributed by atoms with van der Waals surface area (Å²) in [6.45, 7) is 0. The summed E-state index contributed by atoms with van der Waals surface area (Å²) < 4.78 is 5.51. The maximum Gasteiger partial charge on any atom is 0.251 e. The molecule has 0 unspecified atom stereocenters. The summed E-state index contributed by atoms with van der Waals surface area (Å²) in [5.74, 6) is 0.704. The summed E-state index contributed by atoms with van der Waals surface area (Å²) >= 11 is 0. The molecular formula is C23H19N3O2. The molecule has 0 aliphatic heterocycles. The highest BCUT2D eigenvalue weighted by atomic mass is 16.5. The van der Waals surface area contributed by atoms with E-state index in [1.54, 1.807) is 12.1 Å². The van der Waals surface area contributed by atoms with Gasteiger partial charge in [-0.2, -0.15) is 4.98 Å². The van der Waals surface area contributed by atoms with Crippen LogP contribution in [0.2, 0.25) is 0 Å². The van der Waals surface area contributed by atoms with Crippen LogP contribution in [0.3, 0.4) is 0 Å². The van der Waals surface area contributed by atoms with E-state index in [2.05, 4.69) is 15.5 Å². The van der Waals surface area contributed by atoms with E-state index < -0.39 is 6.04 Å². The molecule has 0 radical (unpaired) electrons. The van der Waals surface area contributed by atoms with Gasteiger partial charge in [-0.25, -0.2) is 0 Å². The second-order valence-electron chi connectivity index (χ2n) is 6.40. The molecule has 1 N–H and O–H groups in total. The smallest absolute Gasteiger partial charge is 0.251 e. The summed E-state index contributed by atoms with van der Waals surface area (Å²) in [6.07, 6.45) is 0.551. The molecule has 4 rings (SSSR count). The number of amides is 1. The van der Waals surface area contributed by atoms with Gasteiger partial charge >= 0.3 is 0 Å². The van der Waals surface area contributed by atoms with Crippen LogP contribution in [0.15, 0.2) is 95.5 Å². The molecule has 1 atom stereocenters. The summed E-state index contributed by atoms with van der Waals surface area (Å²) in [6, 6.07) is 28.2. The molecule has 0 spiro atoms. The predicted molar refractivity (Wildman–Crippen MR) is 107 cm³/mol. The van der Waals surface area contributed by atoms with Crippen LogP contribution in [-0.2, 0) is 6.42 Å². The number of benzene rings is 3. The number of hydrogen-bond donors (Lipinski definition) is 1. The van der Waals surface area contributed by atoms with Crippen molar-refractivity contribution in [2.45, 2.75) is 12.5 Å². The average molecular weight is 369 g/mol. The minimum Gasteiger partial charge on any atom is -0.340 e. The van der Waals surface area contributed by atoms with Gasteiger partial charge in [-0.15, -0.1) is 0 Å². The van der Waals surface area contributed by atoms with E-state index in [0.717, 1.165) is 11.1 Å². The monoisotopic (exact) mass is 369 g/mol. The van der Waals surface area contributed by atoms with Crippen molar-refractivity contribution in [3.05, 3.63) is 108 Å². The fraction of sp³-hybridized carbons (Fsp3) is 0.0870. The van der Waals surface area contributed by atoms with Crippen molar-refractivity contribution in [3.63, 3.8) is 0 Å². The first-order valence-corrected chi connectivity index (χ1v) is 9.08. The number of hydrogen-bond acceptors (Lipinski definition) is 4. The molecule has 0 aliphatic carbocycles. The topological polar surface area (TPSA) is 68.0 Å². The number of nitrogens with zero attached hydrogens (tertiary/aromatic N) is 2. The van der Waals surface area contributed by atoms with Crippen LogP contribution < -0.4 is 5.32 Å². The lowest BCUT2D eigenvalue weighted by atomic mass is 10.1. The Kier molecular flexibility index (Phi) is 5.24. The van der Waals surface area contributed by atoms with Gasteiger partial charge in [-0.1, -0.05) is 84.0 Å². The first kappa shape index (κ1) is 17.7. The van der Waals surface area contributed by atoms with E-state index >= 15 is 0 Å². The Bertz CT molecular complexity index is 1030. The van der Waals surface area contributed by atoms with E-state index in [1.165, 1.54) is 0 Å². The van der Waals surface area contributed by atoms with E-state index in [-0.39, 0.29) is 5.91 Å². The Morgan fingerprint density at radius 2 is 1.46 bits per heavy atom. The van der Waals surface area contributed by atoms with Gasteiger partial charge in [-0.05, 0) is 17.7 Å². The van der Waals surface area contributed by atoms with Crippen molar-refractivity contribution in [3.8, 4) is 11.4 Å². The molecule has 0 saturated heterocycles. The third-order valence-corrected chi connectivity index (χ3v) is 4.40. The summed E-state index contributed by atoms with van der Waals surface area (Å²) in [5, 5.41) is 7.12. The lowest BCUT2D eigenvalue weighted by molar-refractivity contribution is 0.0928. The molecule has 3 aromatic carbocycles. The molecule has 0 saturated carbocycles. The first-order valence-electron chi connectivity index (χ1n) is 9.08. The number of carbonyl (C=O) groups is 1. The van der Waals surface area contributed by atoms with Gasteiger partial charge in [0.05, 0.1) is 0 Å². The molecule has 0 bridgehead atoms. The maximum absolute atomic E-state index is 12.7. The highest BCUT2D eigenvalue weighted by molar-refractivity contribution is 5.94. The van der Waals surface area contributed by atoms with Crippen molar-refractivity contribution in [1.29, 1.82) is 0 Å². The first-order chi connectivity index (χ1) is 13.8. The van der Waals surface area contributed by atoms with Crippen molar-refractivity contribution in [2.24, 2.45) is 0 Å². The third-order valence-electron chi connectivity index (χ3n) is 4.40. The molecule has 4 aromatic rings. The van der Waals surface area contributed by atoms with Gasteiger partial charge in [-0.3, -0.25) is 4.79 Å². The molecule has 1 heterocycles. The van der Waals surface area contributed by atoms with Crippen molar-refractivity contribution >= 4 is 5.91 Å². The molecule has 5 nitrogen and oxygen atoms in total. The van der Waals surface area contributed by atoms with Gasteiger partial charge in [0.25, 0.3) is 5.91 Å². The summed E-state index contributed by atoms with van der Waals surface area (Å²) in [7, 11) is 0. The quantitative estimate of drug-likeness (QED) is 0.545. The number of rotatable bonds is 6. The van der Waals surface area contributed by atoms with E-state index in [1.807, 2.05) is 78.9 Å². The Morgan fingerprint density at radius 3 is 2.14 bits per heavy atom. The second kappa shape index (κ2) is 8.31. The lowest BCUT2D eigenvalue weighted by Gasteiger charge is -2.15. The van der Waals surface area contributed by atoms with Gasteiger partial charge in [0, 0.05) is 17.5 Å². The van der Waals surface area contributed by atoms with Crippen molar-refractivity contribution in [1.82, 2.24) is 15.5 Å². The summed E-state index contributed by atoms with van der Waals surface area (Å²) in [5.41, 5.74) is 2.52. The lowest BCUT2D eigenvalue weighted by Crippen LogP contribution is -2.30. The Labute approximate surface area is 163 Å². The zero-order chi connectivity index (χ0) is 19.2. The number of carbonyl (C=O) groups excluding carboxylic acids is 1. The van der Waals surface area contributed by atoms with Crippen LogP contribution >= 0.6 is 0 Å². The Balaban J connectivity index is 1.61. The van der Waals surface area contributed by atoms with Crippen LogP contribution in [0.4, 0.5) is 0 Å². The van der Waals surface area contributed by atoms with Crippen LogP contribution in [0.1, 0.15) is 27.9 Å². The molecule has 138 valence electrons. The maximum atomic E-state index is 12.7. The van der Waals surface area contributed by atoms with Crippen LogP contribution in [0.25, 0.3) is 11.4 Å². The van der Waals surface area contributed by atoms with Crippen molar-refractivity contribution in [2.75, 3.05) is 0 Å². The zero-order valence-corrected chi connectivity index (χ0v) is 15.2. The zero-order valence-electron chi connectivity index (χ0n) is 15.2. The van der Waals surface area contributed by atoms with Crippen LogP contribution in [0, 0.1) is 0 Å². The van der Waals surface area contributed by atoms with Gasteiger partial charge in [0.15, 0.2) is 0 Å². The average Bonchev–Trinajstić information content (AvgIpc) is 3.25. The molecule has 0 aliphatic rings. The van der Waals surface area contributed by atoms with E-state index in [0.29, 0.717) is 23.7 Å². The molecular weight excluding hydrogens is 350 g/mol. The van der Waals surface area contributed by atoms with Crippen LogP contribution in [0.5, 0.6) is 0 Å². The van der Waals surface area contributed by atoms with Gasteiger partial charge in [0.2, 0.25) is 11.7 Å². The highest BCUT2D eigenvalue weighted by Crippen LogP contribution is 2.22. The number of nitrogens with one attached hydrogen (secondary N) is 1. The molecule has 5 heteroatoms. The number of aromatic nitrogens is 2. The molecule has 1 aromatic heterocycles. The molecule has 0 fully saturated rings. The third kappa shape index (κ3) is 4.15. The standard InChI is InChI=1S/C23H19N3O2/c27-22(19-14-8-3-9-15-19)24-20(16-17-10-4-1-5-11-17)23-25-21(26-28-23)18-12-6-2-7-13-18/h1-15,20H,16H2,(H,24,27)/t20-/m1/s1. The highest BCUT2D eigenvalue weighted by Gasteiger charge is 2.23. The predicted octanol–water partition coefficient (Wildman–Crippen LogP) is 4.45. The summed E-state index contributed by atoms with van der Waals surface area (Å²) in [4.78, 5) is 17.2. The molecule has 1 amide bonds. The van der Waals surface area contributed by atoms with E-state index in [9.17, 15) is 4.79 Å². The van der Waals surface area contributed by atoms with Gasteiger partial charge in [0.1, 0.15) is 6.04 Å². The van der Waals surface area contributed by atoms with Crippen LogP contribution in [-0.4, -0.2) is 16.0 Å². The second-order valence-corrected chi connectivity index (χ2v) is 6.40. The normalized spacial score (nSPS) is 11.7. The largest absolute Gasteiger partial charge is 0.340 e. The Morgan fingerprint density at radius 1 is 0.857 bits per heavy atom. The fourth-order valence-corrected chi connectivity index (χ4v) is 2.96. The van der Waals surface area contributed by atoms with E-state index in [4.69, 9.17) is 4.52 Å². The minimum absolute atomic E-state index is 0.180. The Hall–Kier alpha value is -3.73. The fourth-order valence-electron chi connectivity index (χ4n) is 2.96. The van der Waals surface area contributed by atoms with Gasteiger partial charge < -0.3 is 9.84 Å². The SMILES string of the molecule is O=C(N[C@H](Cc1ccccc1)c1nc(-c2ccccc2)no1)c1ccccc1. The van der Waals surface area contributed by atoms with Crippen molar-refractivity contribution < 1.29 is 9.32 Å². The minimum atomic E-state index is -0.430. The molecule has 28 heavy (non-hydrogen) atoms.